The molecule has 0 unspecified atom stereocenters. The van der Waals surface area contributed by atoms with Crippen LogP contribution in [0.3, 0.4) is 0 Å². The first-order chi connectivity index (χ1) is 10.5. The Hall–Kier alpha value is -0.930. The Labute approximate surface area is 140 Å². The normalized spacial score (nSPS) is 49.0. The first-order valence-corrected chi connectivity index (χ1v) is 8.83. The fraction of sp³-hybridized carbons (Fsp3) is 0.750. The minimum atomic E-state index is -0.663. The fourth-order valence-corrected chi connectivity index (χ4v) is 5.73. The Balaban J connectivity index is 2.17. The lowest BCUT2D eigenvalue weighted by Crippen LogP contribution is -2.69. The molecule has 0 radical (unpaired) electrons. The summed E-state index contributed by atoms with van der Waals surface area (Å²) in [6.45, 7) is 14.7. The third kappa shape index (κ3) is 2.20. The number of fused-ring (bicyclic) bond motifs is 3. The highest BCUT2D eigenvalue weighted by atomic mass is 16.5. The van der Waals surface area contributed by atoms with E-state index in [1.807, 2.05) is 13.8 Å². The van der Waals surface area contributed by atoms with Crippen LogP contribution in [0, 0.1) is 16.7 Å². The van der Waals surface area contributed by atoms with E-state index in [9.17, 15) is 4.79 Å². The summed E-state index contributed by atoms with van der Waals surface area (Å²) in [6.07, 6.45) is 7.70. The predicted octanol–water partition coefficient (Wildman–Crippen LogP) is 3.78. The van der Waals surface area contributed by atoms with Gasteiger partial charge in [-0.15, -0.1) is 6.58 Å². The molecule has 0 bridgehead atoms. The van der Waals surface area contributed by atoms with E-state index in [4.69, 9.17) is 10.5 Å². The number of nitrogens with two attached hydrogens (primary N) is 1. The number of hydrogen-bond donors (Lipinski definition) is 1. The van der Waals surface area contributed by atoms with E-state index >= 15 is 0 Å². The Morgan fingerprint density at radius 1 is 1.26 bits per heavy atom. The molecule has 2 fully saturated rings. The van der Waals surface area contributed by atoms with E-state index in [1.54, 1.807) is 6.08 Å². The van der Waals surface area contributed by atoms with E-state index in [2.05, 4.69) is 33.4 Å². The highest BCUT2D eigenvalue weighted by Crippen LogP contribution is 2.62. The summed E-state index contributed by atoms with van der Waals surface area (Å²) < 4.78 is 6.47. The number of carbonyl (C=O) groups is 1. The van der Waals surface area contributed by atoms with Crippen LogP contribution in [0.2, 0.25) is 0 Å². The lowest BCUT2D eigenvalue weighted by Gasteiger charge is -2.62. The van der Waals surface area contributed by atoms with Crippen molar-refractivity contribution >= 4 is 5.78 Å². The first-order valence-electron chi connectivity index (χ1n) is 8.83. The summed E-state index contributed by atoms with van der Waals surface area (Å²) in [5.41, 5.74) is 6.60. The van der Waals surface area contributed by atoms with Gasteiger partial charge in [-0.25, -0.2) is 0 Å². The fourth-order valence-electron chi connectivity index (χ4n) is 5.73. The maximum atomic E-state index is 13.2. The Morgan fingerprint density at radius 2 is 1.91 bits per heavy atom. The molecule has 1 saturated heterocycles. The number of carbonyl (C=O) groups excluding carboxylic acids is 1. The average molecular weight is 317 g/mol. The summed E-state index contributed by atoms with van der Waals surface area (Å²) in [7, 11) is 0. The van der Waals surface area contributed by atoms with Gasteiger partial charge in [0.2, 0.25) is 0 Å². The molecule has 3 heteroatoms. The van der Waals surface area contributed by atoms with E-state index in [0.717, 1.165) is 19.3 Å². The molecule has 1 heterocycles. The highest BCUT2D eigenvalue weighted by Gasteiger charge is 2.64. The number of rotatable bonds is 1. The zero-order chi connectivity index (χ0) is 17.3. The monoisotopic (exact) mass is 317 g/mol. The van der Waals surface area contributed by atoms with Crippen LogP contribution in [0.15, 0.2) is 24.3 Å². The molecule has 5 atom stereocenters. The third-order valence-corrected chi connectivity index (χ3v) is 6.79. The van der Waals surface area contributed by atoms with Gasteiger partial charge in [0, 0.05) is 11.8 Å². The largest absolute Gasteiger partial charge is 0.362 e. The number of Topliss-reactive ketones (excluding diaryl/α,β-unsaturated/α-hetero) is 1. The Kier molecular flexibility index (Phi) is 3.53. The van der Waals surface area contributed by atoms with Crippen molar-refractivity contribution in [2.75, 3.05) is 0 Å². The average Bonchev–Trinajstić information content (AvgIpc) is 2.40. The molecule has 3 nitrogen and oxygen atoms in total. The van der Waals surface area contributed by atoms with Crippen LogP contribution in [-0.2, 0) is 9.53 Å². The molecule has 1 aliphatic heterocycles. The molecule has 0 aromatic heterocycles. The molecule has 0 aromatic rings. The standard InChI is InChI=1S/C20H31NO2/c1-7-18(4)12-13(22)16-19(5)10-8-9-17(2,3)14(19)11-15(21)20(16,6)23-18/h7,11,15-16H,1,8-10,12,21H2,2-6H3/t15-,16-,18+,19+,20-/m1/s1. The van der Waals surface area contributed by atoms with Gasteiger partial charge < -0.3 is 10.5 Å². The van der Waals surface area contributed by atoms with E-state index in [-0.39, 0.29) is 28.6 Å². The van der Waals surface area contributed by atoms with Crippen molar-refractivity contribution in [3.63, 3.8) is 0 Å². The molecule has 3 aliphatic rings. The van der Waals surface area contributed by atoms with Crippen molar-refractivity contribution in [2.24, 2.45) is 22.5 Å². The number of ether oxygens (including phenoxy) is 1. The van der Waals surface area contributed by atoms with Gasteiger partial charge in [-0.2, -0.15) is 0 Å². The van der Waals surface area contributed by atoms with Gasteiger partial charge in [-0.3, -0.25) is 4.79 Å². The van der Waals surface area contributed by atoms with Crippen LogP contribution in [0.4, 0.5) is 0 Å². The van der Waals surface area contributed by atoms with Crippen LogP contribution in [0.5, 0.6) is 0 Å². The second kappa shape index (κ2) is 4.80. The van der Waals surface area contributed by atoms with Crippen LogP contribution < -0.4 is 5.73 Å². The summed E-state index contributed by atoms with van der Waals surface area (Å²) in [4.78, 5) is 13.2. The van der Waals surface area contributed by atoms with Crippen LogP contribution in [0.25, 0.3) is 0 Å². The van der Waals surface area contributed by atoms with Crippen molar-refractivity contribution in [3.05, 3.63) is 24.3 Å². The molecular weight excluding hydrogens is 286 g/mol. The molecule has 0 aromatic carbocycles. The Bertz CT molecular complexity index is 592. The Morgan fingerprint density at radius 3 is 2.52 bits per heavy atom. The summed E-state index contributed by atoms with van der Waals surface area (Å²) in [5.74, 6) is 0.111. The second-order valence-corrected chi connectivity index (χ2v) is 9.14. The van der Waals surface area contributed by atoms with Gasteiger partial charge in [-0.1, -0.05) is 44.9 Å². The molecule has 3 rings (SSSR count). The zero-order valence-electron chi connectivity index (χ0n) is 15.2. The molecule has 1 saturated carbocycles. The molecule has 0 amide bonds. The topological polar surface area (TPSA) is 52.3 Å². The van der Waals surface area contributed by atoms with Gasteiger partial charge in [-0.05, 0) is 32.1 Å². The van der Waals surface area contributed by atoms with E-state index in [1.165, 1.54) is 5.57 Å². The summed E-state index contributed by atoms with van der Waals surface area (Å²) in [5, 5.41) is 0. The minimum absolute atomic E-state index is 0.103. The smallest absolute Gasteiger partial charge is 0.142 e. The van der Waals surface area contributed by atoms with Crippen LogP contribution in [-0.4, -0.2) is 23.0 Å². The predicted molar refractivity (Wildman–Crippen MR) is 93.0 cm³/mol. The van der Waals surface area contributed by atoms with Crippen molar-refractivity contribution in [2.45, 2.75) is 77.5 Å². The summed E-state index contributed by atoms with van der Waals surface area (Å²) in [6, 6.07) is -0.267. The van der Waals surface area contributed by atoms with Crippen LogP contribution >= 0.6 is 0 Å². The van der Waals surface area contributed by atoms with E-state index in [0.29, 0.717) is 6.42 Å². The van der Waals surface area contributed by atoms with Crippen molar-refractivity contribution < 1.29 is 9.53 Å². The minimum Gasteiger partial charge on any atom is -0.362 e. The molecule has 2 N–H and O–H groups in total. The lowest BCUT2D eigenvalue weighted by atomic mass is 9.47. The second-order valence-electron chi connectivity index (χ2n) is 9.14. The van der Waals surface area contributed by atoms with Crippen molar-refractivity contribution in [1.82, 2.24) is 0 Å². The number of ketones is 1. The highest BCUT2D eigenvalue weighted by molar-refractivity contribution is 5.86. The van der Waals surface area contributed by atoms with Gasteiger partial charge in [0.15, 0.2) is 0 Å². The lowest BCUT2D eigenvalue weighted by molar-refractivity contribution is -0.210. The number of allylic oxidation sites excluding steroid dienone is 1. The van der Waals surface area contributed by atoms with Crippen LogP contribution in [0.1, 0.15) is 60.3 Å². The van der Waals surface area contributed by atoms with E-state index < -0.39 is 11.2 Å². The van der Waals surface area contributed by atoms with Gasteiger partial charge in [0.05, 0.1) is 23.2 Å². The molecular formula is C20H31NO2. The SMILES string of the molecule is C=C[C@@]1(C)CC(=O)[C@H]2[C@](C)(O1)[C@H](N)C=C1C(C)(C)CCC[C@@]12C. The first kappa shape index (κ1) is 16.9. The zero-order valence-corrected chi connectivity index (χ0v) is 15.2. The molecule has 23 heavy (non-hydrogen) atoms. The molecule has 128 valence electrons. The molecule has 2 aliphatic carbocycles. The van der Waals surface area contributed by atoms with Gasteiger partial charge in [0.1, 0.15) is 5.78 Å². The maximum absolute atomic E-state index is 13.2. The quantitative estimate of drug-likeness (QED) is 0.749. The van der Waals surface area contributed by atoms with Gasteiger partial charge >= 0.3 is 0 Å². The van der Waals surface area contributed by atoms with Crippen molar-refractivity contribution in [3.8, 4) is 0 Å². The summed E-state index contributed by atoms with van der Waals surface area (Å²) >= 11 is 0. The molecule has 0 spiro atoms. The third-order valence-electron chi connectivity index (χ3n) is 6.79. The van der Waals surface area contributed by atoms with Crippen molar-refractivity contribution in [1.29, 1.82) is 0 Å². The van der Waals surface area contributed by atoms with Gasteiger partial charge in [0.25, 0.3) is 0 Å². The maximum Gasteiger partial charge on any atom is 0.142 e. The number of hydrogen-bond acceptors (Lipinski definition) is 3.